The third-order valence-corrected chi connectivity index (χ3v) is 3.77. The van der Waals surface area contributed by atoms with Crippen molar-refractivity contribution in [1.29, 1.82) is 0 Å². The molecule has 6 heteroatoms. The second-order valence-corrected chi connectivity index (χ2v) is 5.17. The number of furan rings is 1. The number of benzene rings is 2. The van der Waals surface area contributed by atoms with Crippen molar-refractivity contribution in [2.75, 3.05) is 14.2 Å². The Hall–Kier alpha value is -3.28. The average Bonchev–Trinajstić information content (AvgIpc) is 3.09. The van der Waals surface area contributed by atoms with Crippen molar-refractivity contribution in [3.8, 4) is 17.2 Å². The topological polar surface area (TPSA) is 68.9 Å². The average molecular weight is 342 g/mol. The molecule has 1 N–H and O–H groups in total. The molecule has 3 aromatic rings. The first kappa shape index (κ1) is 16.6. The maximum absolute atomic E-state index is 13.7. The summed E-state index contributed by atoms with van der Waals surface area (Å²) < 4.78 is 29.4. The molecular weight excluding hydrogens is 327 g/mol. The molecule has 0 saturated carbocycles. The van der Waals surface area contributed by atoms with E-state index in [-0.39, 0.29) is 28.2 Å². The van der Waals surface area contributed by atoms with Gasteiger partial charge in [0.2, 0.25) is 5.75 Å². The van der Waals surface area contributed by atoms with Crippen LogP contribution in [0.3, 0.4) is 0 Å². The lowest BCUT2D eigenvalue weighted by molar-refractivity contribution is 0.104. The molecule has 1 heterocycles. The number of fused-ring (bicyclic) bond motifs is 1. The van der Waals surface area contributed by atoms with Gasteiger partial charge in [0.05, 0.1) is 25.9 Å². The van der Waals surface area contributed by atoms with Crippen LogP contribution >= 0.6 is 0 Å². The van der Waals surface area contributed by atoms with Crippen LogP contribution in [0.5, 0.6) is 17.2 Å². The summed E-state index contributed by atoms with van der Waals surface area (Å²) >= 11 is 0. The van der Waals surface area contributed by atoms with E-state index < -0.39 is 17.3 Å². The molecule has 128 valence electrons. The van der Waals surface area contributed by atoms with Crippen LogP contribution in [0.15, 0.2) is 47.1 Å². The van der Waals surface area contributed by atoms with Crippen molar-refractivity contribution < 1.29 is 28.2 Å². The Labute approximate surface area is 142 Å². The number of rotatable bonds is 5. The smallest absolute Gasteiger partial charge is 0.205 e. The fraction of sp³-hybridized carbons (Fsp3) is 0.105. The Balaban J connectivity index is 2.12. The van der Waals surface area contributed by atoms with Gasteiger partial charge in [0.25, 0.3) is 0 Å². The molecule has 25 heavy (non-hydrogen) atoms. The molecule has 3 rings (SSSR count). The summed E-state index contributed by atoms with van der Waals surface area (Å²) in [4.78, 5) is 12.6. The van der Waals surface area contributed by atoms with Crippen molar-refractivity contribution in [2.45, 2.75) is 0 Å². The summed E-state index contributed by atoms with van der Waals surface area (Å²) in [6, 6.07) is 7.65. The highest BCUT2D eigenvalue weighted by atomic mass is 19.1. The van der Waals surface area contributed by atoms with E-state index in [0.29, 0.717) is 5.39 Å². The summed E-state index contributed by atoms with van der Waals surface area (Å²) in [6.45, 7) is 0. The van der Waals surface area contributed by atoms with E-state index in [1.54, 1.807) is 18.2 Å². The molecule has 0 aliphatic heterocycles. The Bertz CT molecular complexity index is 971. The second kappa shape index (κ2) is 6.68. The number of phenols is 1. The molecule has 0 unspecified atom stereocenters. The quantitative estimate of drug-likeness (QED) is 0.556. The molecular formula is C19H15FO5. The minimum absolute atomic E-state index is 0.0310. The van der Waals surface area contributed by atoms with E-state index in [0.717, 1.165) is 0 Å². The molecule has 0 radical (unpaired) electrons. The first-order chi connectivity index (χ1) is 12.1. The van der Waals surface area contributed by atoms with E-state index in [9.17, 15) is 14.3 Å². The predicted molar refractivity (Wildman–Crippen MR) is 90.7 cm³/mol. The van der Waals surface area contributed by atoms with E-state index in [4.69, 9.17) is 13.9 Å². The van der Waals surface area contributed by atoms with Crippen LogP contribution in [0.1, 0.15) is 15.9 Å². The number of methoxy groups -OCH3 is 2. The zero-order chi connectivity index (χ0) is 18.0. The number of halogens is 1. The van der Waals surface area contributed by atoms with E-state index in [2.05, 4.69) is 0 Å². The van der Waals surface area contributed by atoms with Gasteiger partial charge in [-0.2, -0.15) is 0 Å². The lowest BCUT2D eigenvalue weighted by Gasteiger charge is -2.13. The lowest BCUT2D eigenvalue weighted by Crippen LogP contribution is -2.02. The summed E-state index contributed by atoms with van der Waals surface area (Å²) in [5.41, 5.74) is 0.443. The van der Waals surface area contributed by atoms with Gasteiger partial charge in [-0.1, -0.05) is 18.2 Å². The summed E-state index contributed by atoms with van der Waals surface area (Å²) in [5.74, 6) is -1.22. The normalized spacial score (nSPS) is 11.2. The maximum Gasteiger partial charge on any atom is 0.205 e. The Morgan fingerprint density at radius 3 is 2.56 bits per heavy atom. The van der Waals surface area contributed by atoms with Crippen LogP contribution < -0.4 is 9.47 Å². The third kappa shape index (κ3) is 2.82. The fourth-order valence-electron chi connectivity index (χ4n) is 2.62. The van der Waals surface area contributed by atoms with Gasteiger partial charge in [0, 0.05) is 5.56 Å². The van der Waals surface area contributed by atoms with Crippen LogP contribution in [0.2, 0.25) is 0 Å². The first-order valence-corrected chi connectivity index (χ1v) is 7.39. The SMILES string of the molecule is COc1c(C(=O)/C=C/c2ccccc2F)c(O)c(OC)c2occc12. The highest BCUT2D eigenvalue weighted by Crippen LogP contribution is 2.45. The van der Waals surface area contributed by atoms with Gasteiger partial charge in [0.1, 0.15) is 17.1 Å². The zero-order valence-electron chi connectivity index (χ0n) is 13.6. The van der Waals surface area contributed by atoms with E-state index in [1.807, 2.05) is 0 Å². The minimum Gasteiger partial charge on any atom is -0.504 e. The molecule has 5 nitrogen and oxygen atoms in total. The minimum atomic E-state index is -0.556. The standard InChI is InChI=1S/C19H15FO5/c1-23-17-12-9-10-25-18(12)19(24-2)16(22)15(17)14(21)8-7-11-5-3-4-6-13(11)20/h3-10,22H,1-2H3/b8-7+. The molecule has 0 amide bonds. The summed E-state index contributed by atoms with van der Waals surface area (Å²) in [6.07, 6.45) is 3.91. The molecule has 0 saturated heterocycles. The van der Waals surface area contributed by atoms with Crippen molar-refractivity contribution in [2.24, 2.45) is 0 Å². The van der Waals surface area contributed by atoms with Gasteiger partial charge >= 0.3 is 0 Å². The van der Waals surface area contributed by atoms with Crippen molar-refractivity contribution in [1.82, 2.24) is 0 Å². The molecule has 0 aliphatic rings. The van der Waals surface area contributed by atoms with Gasteiger partial charge in [-0.3, -0.25) is 4.79 Å². The monoisotopic (exact) mass is 342 g/mol. The summed E-state index contributed by atoms with van der Waals surface area (Å²) in [7, 11) is 2.73. The van der Waals surface area contributed by atoms with Gasteiger partial charge < -0.3 is 19.0 Å². The number of phenolic OH excluding ortho intramolecular Hbond substituents is 1. The van der Waals surface area contributed by atoms with Gasteiger partial charge in [-0.05, 0) is 24.3 Å². The number of carbonyl (C=O) groups excluding carboxylic acids is 1. The highest BCUT2D eigenvalue weighted by molar-refractivity contribution is 6.15. The predicted octanol–water partition coefficient (Wildman–Crippen LogP) is 4.19. The number of hydrogen-bond donors (Lipinski definition) is 1. The van der Waals surface area contributed by atoms with Crippen molar-refractivity contribution in [3.63, 3.8) is 0 Å². The Kier molecular flexibility index (Phi) is 4.43. The van der Waals surface area contributed by atoms with Crippen molar-refractivity contribution in [3.05, 3.63) is 59.6 Å². The molecule has 0 atom stereocenters. The highest BCUT2D eigenvalue weighted by Gasteiger charge is 2.26. The third-order valence-electron chi connectivity index (χ3n) is 3.77. The largest absolute Gasteiger partial charge is 0.504 e. The lowest BCUT2D eigenvalue weighted by atomic mass is 10.0. The van der Waals surface area contributed by atoms with Gasteiger partial charge in [-0.15, -0.1) is 0 Å². The second-order valence-electron chi connectivity index (χ2n) is 5.17. The molecule has 1 aromatic heterocycles. The Morgan fingerprint density at radius 2 is 1.88 bits per heavy atom. The zero-order valence-corrected chi connectivity index (χ0v) is 13.6. The van der Waals surface area contributed by atoms with E-state index >= 15 is 0 Å². The van der Waals surface area contributed by atoms with Crippen LogP contribution in [0, 0.1) is 5.82 Å². The molecule has 0 aliphatic carbocycles. The fourth-order valence-corrected chi connectivity index (χ4v) is 2.62. The molecule has 0 fully saturated rings. The van der Waals surface area contributed by atoms with E-state index in [1.165, 1.54) is 44.8 Å². The summed E-state index contributed by atoms with van der Waals surface area (Å²) in [5, 5.41) is 10.9. The first-order valence-electron chi connectivity index (χ1n) is 7.39. The van der Waals surface area contributed by atoms with Crippen LogP contribution in [-0.4, -0.2) is 25.1 Å². The molecule has 0 bridgehead atoms. The van der Waals surface area contributed by atoms with Crippen LogP contribution in [-0.2, 0) is 0 Å². The van der Waals surface area contributed by atoms with Crippen LogP contribution in [0.4, 0.5) is 4.39 Å². The number of ether oxygens (including phenoxy) is 2. The maximum atomic E-state index is 13.7. The van der Waals surface area contributed by atoms with Crippen LogP contribution in [0.25, 0.3) is 17.0 Å². The number of ketones is 1. The Morgan fingerprint density at radius 1 is 1.16 bits per heavy atom. The van der Waals surface area contributed by atoms with Gasteiger partial charge in [0.15, 0.2) is 17.1 Å². The number of aromatic hydroxyl groups is 1. The van der Waals surface area contributed by atoms with Crippen molar-refractivity contribution >= 4 is 22.8 Å². The molecule has 2 aromatic carbocycles. The number of carbonyl (C=O) groups is 1. The van der Waals surface area contributed by atoms with Gasteiger partial charge in [-0.25, -0.2) is 4.39 Å². The molecule has 0 spiro atoms. The number of allylic oxidation sites excluding steroid dienone is 1. The number of hydrogen-bond acceptors (Lipinski definition) is 5.